The number of halogens is 1. The molecule has 16 heavy (non-hydrogen) atoms. The van der Waals surface area contributed by atoms with Crippen molar-refractivity contribution in [2.45, 2.75) is 13.8 Å². The first-order valence-electron chi connectivity index (χ1n) is 5.56. The van der Waals surface area contributed by atoms with Crippen molar-refractivity contribution in [3.05, 3.63) is 34.8 Å². The van der Waals surface area contributed by atoms with Crippen LogP contribution in [0.1, 0.15) is 13.8 Å². The van der Waals surface area contributed by atoms with Gasteiger partial charge in [-0.05, 0) is 38.1 Å². The summed E-state index contributed by atoms with van der Waals surface area (Å²) in [6.45, 7) is 6.28. The highest BCUT2D eigenvalue weighted by Crippen LogP contribution is 2.21. The quantitative estimate of drug-likeness (QED) is 0.848. The molecule has 0 saturated carbocycles. The molecule has 0 spiro atoms. The van der Waals surface area contributed by atoms with E-state index >= 15 is 0 Å². The van der Waals surface area contributed by atoms with Crippen LogP contribution in [0, 0.1) is 0 Å². The lowest BCUT2D eigenvalue weighted by Crippen LogP contribution is -2.22. The van der Waals surface area contributed by atoms with Gasteiger partial charge in [0, 0.05) is 22.9 Å². The lowest BCUT2D eigenvalue weighted by Gasteiger charge is -2.19. The molecule has 0 saturated heterocycles. The number of rotatable bonds is 3. The van der Waals surface area contributed by atoms with Crippen LogP contribution in [0.15, 0.2) is 34.8 Å². The van der Waals surface area contributed by atoms with Gasteiger partial charge in [-0.2, -0.15) is 0 Å². The normalized spacial score (nSPS) is 10.7. The lowest BCUT2D eigenvalue weighted by atomic mass is 10.2. The minimum absolute atomic E-state index is 0.989. The Labute approximate surface area is 104 Å². The van der Waals surface area contributed by atoms with Gasteiger partial charge in [0.2, 0.25) is 0 Å². The van der Waals surface area contributed by atoms with Crippen molar-refractivity contribution in [2.75, 3.05) is 18.0 Å². The van der Waals surface area contributed by atoms with E-state index in [9.17, 15) is 0 Å². The molecule has 0 fully saturated rings. The first-order valence-corrected chi connectivity index (χ1v) is 6.35. The van der Waals surface area contributed by atoms with E-state index < -0.39 is 0 Å². The maximum absolute atomic E-state index is 4.67. The molecule has 0 aliphatic carbocycles. The molecule has 3 heteroatoms. The molecule has 0 bridgehead atoms. The van der Waals surface area contributed by atoms with Crippen LogP contribution >= 0.6 is 15.9 Å². The summed E-state index contributed by atoms with van der Waals surface area (Å²) in [5.74, 6) is 1.05. The molecule has 0 unspecified atom stereocenters. The van der Waals surface area contributed by atoms with Crippen molar-refractivity contribution in [2.24, 2.45) is 0 Å². The number of aromatic nitrogens is 1. The Morgan fingerprint density at radius 3 is 2.50 bits per heavy atom. The molecule has 0 N–H and O–H groups in total. The van der Waals surface area contributed by atoms with Crippen molar-refractivity contribution >= 4 is 32.7 Å². The van der Waals surface area contributed by atoms with Crippen molar-refractivity contribution in [1.29, 1.82) is 0 Å². The van der Waals surface area contributed by atoms with E-state index in [-0.39, 0.29) is 0 Å². The predicted molar refractivity (Wildman–Crippen MR) is 73.0 cm³/mol. The Bertz CT molecular complexity index is 492. The zero-order valence-electron chi connectivity index (χ0n) is 9.57. The van der Waals surface area contributed by atoms with E-state index in [4.69, 9.17) is 0 Å². The molecular weight excluding hydrogens is 264 g/mol. The smallest absolute Gasteiger partial charge is 0.129 e. The fourth-order valence-electron chi connectivity index (χ4n) is 1.80. The fourth-order valence-corrected chi connectivity index (χ4v) is 2.15. The van der Waals surface area contributed by atoms with Crippen LogP contribution in [0.5, 0.6) is 0 Å². The number of hydrogen-bond donors (Lipinski definition) is 0. The standard InChI is InChI=1S/C13H15BrN2/c1-3-16(4-2)13-8-6-10-5-7-11(14)9-12(10)15-13/h5-9H,3-4H2,1-2H3. The highest BCUT2D eigenvalue weighted by Gasteiger charge is 2.04. The minimum atomic E-state index is 0.989. The Balaban J connectivity index is 2.49. The summed E-state index contributed by atoms with van der Waals surface area (Å²) in [6, 6.07) is 10.4. The van der Waals surface area contributed by atoms with Gasteiger partial charge in [-0.3, -0.25) is 0 Å². The van der Waals surface area contributed by atoms with Crippen LogP contribution in [-0.4, -0.2) is 18.1 Å². The molecular formula is C13H15BrN2. The summed E-state index contributed by atoms with van der Waals surface area (Å²) in [6.07, 6.45) is 0. The zero-order chi connectivity index (χ0) is 11.5. The molecule has 1 heterocycles. The molecule has 0 radical (unpaired) electrons. The van der Waals surface area contributed by atoms with Crippen LogP contribution in [-0.2, 0) is 0 Å². The summed E-state index contributed by atoms with van der Waals surface area (Å²) in [4.78, 5) is 6.92. The van der Waals surface area contributed by atoms with Gasteiger partial charge >= 0.3 is 0 Å². The molecule has 0 aliphatic heterocycles. The number of pyridine rings is 1. The van der Waals surface area contributed by atoms with Crippen molar-refractivity contribution in [3.63, 3.8) is 0 Å². The van der Waals surface area contributed by atoms with Gasteiger partial charge in [-0.1, -0.05) is 22.0 Å². The van der Waals surface area contributed by atoms with Gasteiger partial charge in [0.1, 0.15) is 5.82 Å². The maximum atomic E-state index is 4.67. The Morgan fingerprint density at radius 1 is 1.12 bits per heavy atom. The van der Waals surface area contributed by atoms with E-state index in [0.717, 1.165) is 28.9 Å². The Kier molecular flexibility index (Phi) is 3.44. The number of hydrogen-bond acceptors (Lipinski definition) is 2. The van der Waals surface area contributed by atoms with Crippen LogP contribution in [0.2, 0.25) is 0 Å². The summed E-state index contributed by atoms with van der Waals surface area (Å²) in [5.41, 5.74) is 1.04. The molecule has 1 aromatic carbocycles. The highest BCUT2D eigenvalue weighted by molar-refractivity contribution is 9.10. The van der Waals surface area contributed by atoms with E-state index in [1.807, 2.05) is 6.07 Å². The first-order chi connectivity index (χ1) is 7.74. The van der Waals surface area contributed by atoms with Gasteiger partial charge < -0.3 is 4.90 Å². The Morgan fingerprint density at radius 2 is 1.81 bits per heavy atom. The van der Waals surface area contributed by atoms with Crippen molar-refractivity contribution in [3.8, 4) is 0 Å². The molecule has 84 valence electrons. The zero-order valence-corrected chi connectivity index (χ0v) is 11.2. The third kappa shape index (κ3) is 2.19. The van der Waals surface area contributed by atoms with Crippen LogP contribution in [0.3, 0.4) is 0 Å². The van der Waals surface area contributed by atoms with E-state index in [2.05, 4.69) is 63.9 Å². The Hall–Kier alpha value is -1.09. The predicted octanol–water partition coefficient (Wildman–Crippen LogP) is 3.84. The number of nitrogens with zero attached hydrogens (tertiary/aromatic N) is 2. The molecule has 2 nitrogen and oxygen atoms in total. The third-order valence-corrected chi connectivity index (χ3v) is 3.22. The second-order valence-electron chi connectivity index (χ2n) is 3.68. The van der Waals surface area contributed by atoms with Crippen molar-refractivity contribution in [1.82, 2.24) is 4.98 Å². The van der Waals surface area contributed by atoms with Crippen molar-refractivity contribution < 1.29 is 0 Å². The second kappa shape index (κ2) is 4.83. The summed E-state index contributed by atoms with van der Waals surface area (Å²) in [7, 11) is 0. The van der Waals surface area contributed by atoms with E-state index in [1.165, 1.54) is 5.39 Å². The number of anilines is 1. The molecule has 0 atom stereocenters. The molecule has 2 rings (SSSR count). The fraction of sp³-hybridized carbons (Fsp3) is 0.308. The van der Waals surface area contributed by atoms with E-state index in [0.29, 0.717) is 0 Å². The van der Waals surface area contributed by atoms with Crippen LogP contribution < -0.4 is 4.90 Å². The second-order valence-corrected chi connectivity index (χ2v) is 4.59. The topological polar surface area (TPSA) is 16.1 Å². The average Bonchev–Trinajstić information content (AvgIpc) is 2.30. The first kappa shape index (κ1) is 11.4. The largest absolute Gasteiger partial charge is 0.357 e. The van der Waals surface area contributed by atoms with Gasteiger partial charge in [0.15, 0.2) is 0 Å². The SMILES string of the molecule is CCN(CC)c1ccc2ccc(Br)cc2n1. The monoisotopic (exact) mass is 278 g/mol. The summed E-state index contributed by atoms with van der Waals surface area (Å²) >= 11 is 3.47. The average molecular weight is 279 g/mol. The highest BCUT2D eigenvalue weighted by atomic mass is 79.9. The minimum Gasteiger partial charge on any atom is -0.357 e. The van der Waals surface area contributed by atoms with Gasteiger partial charge in [-0.15, -0.1) is 0 Å². The van der Waals surface area contributed by atoms with Gasteiger partial charge in [0.05, 0.1) is 5.52 Å². The number of fused-ring (bicyclic) bond motifs is 1. The van der Waals surface area contributed by atoms with Crippen LogP contribution in [0.4, 0.5) is 5.82 Å². The lowest BCUT2D eigenvalue weighted by molar-refractivity contribution is 0.850. The maximum Gasteiger partial charge on any atom is 0.129 e. The summed E-state index contributed by atoms with van der Waals surface area (Å²) in [5, 5.41) is 1.18. The molecule has 0 aliphatic rings. The molecule has 1 aromatic heterocycles. The molecule has 0 amide bonds. The van der Waals surface area contributed by atoms with Crippen LogP contribution in [0.25, 0.3) is 10.9 Å². The molecule has 2 aromatic rings. The van der Waals surface area contributed by atoms with Gasteiger partial charge in [0.25, 0.3) is 0 Å². The van der Waals surface area contributed by atoms with E-state index in [1.54, 1.807) is 0 Å². The number of benzene rings is 1. The third-order valence-electron chi connectivity index (χ3n) is 2.73. The summed E-state index contributed by atoms with van der Waals surface area (Å²) < 4.78 is 1.07. The van der Waals surface area contributed by atoms with Gasteiger partial charge in [-0.25, -0.2) is 4.98 Å².